The number of aromatic nitrogens is 2. The highest BCUT2D eigenvalue weighted by atomic mass is 16.5. The Morgan fingerprint density at radius 3 is 2.48 bits per heavy atom. The predicted molar refractivity (Wildman–Crippen MR) is 94.1 cm³/mol. The minimum absolute atomic E-state index is 0.185. The number of nitrogens with zero attached hydrogens (tertiary/aromatic N) is 2. The van der Waals surface area contributed by atoms with E-state index < -0.39 is 0 Å². The molecule has 0 aliphatic rings. The number of ether oxygens (including phenoxy) is 2. The Bertz CT molecular complexity index is 801. The number of amides is 1. The summed E-state index contributed by atoms with van der Waals surface area (Å²) in [4.78, 5) is 23.7. The van der Waals surface area contributed by atoms with E-state index in [0.717, 1.165) is 10.2 Å². The fraction of sp³-hybridized carbons (Fsp3) is 0.389. The zero-order valence-electron chi connectivity index (χ0n) is 14.9. The van der Waals surface area contributed by atoms with E-state index in [1.807, 2.05) is 39.0 Å². The molecule has 0 saturated carbocycles. The molecular formula is C18H23N3O4. The minimum Gasteiger partial charge on any atom is -0.490 e. The van der Waals surface area contributed by atoms with Crippen molar-refractivity contribution in [3.05, 3.63) is 51.9 Å². The molecule has 0 radical (unpaired) electrons. The van der Waals surface area contributed by atoms with Crippen molar-refractivity contribution >= 4 is 5.91 Å². The van der Waals surface area contributed by atoms with Gasteiger partial charge in [0.05, 0.1) is 19.3 Å². The van der Waals surface area contributed by atoms with Crippen LogP contribution in [0.1, 0.15) is 42.9 Å². The third-order valence-electron chi connectivity index (χ3n) is 3.61. The summed E-state index contributed by atoms with van der Waals surface area (Å²) in [5.41, 5.74) is 0.799. The molecular weight excluding hydrogens is 322 g/mol. The molecule has 2 rings (SSSR count). The highest BCUT2D eigenvalue weighted by Crippen LogP contribution is 2.30. The molecule has 1 N–H and O–H groups in total. The summed E-state index contributed by atoms with van der Waals surface area (Å²) >= 11 is 0. The van der Waals surface area contributed by atoms with Gasteiger partial charge in [0.1, 0.15) is 5.69 Å². The van der Waals surface area contributed by atoms with Crippen molar-refractivity contribution in [2.75, 3.05) is 13.2 Å². The Kier molecular flexibility index (Phi) is 6.16. The Morgan fingerprint density at radius 1 is 1.16 bits per heavy atom. The van der Waals surface area contributed by atoms with E-state index in [1.165, 1.54) is 19.2 Å². The first-order valence-corrected chi connectivity index (χ1v) is 8.21. The van der Waals surface area contributed by atoms with E-state index in [4.69, 9.17) is 9.47 Å². The number of nitrogens with one attached hydrogen (secondary N) is 1. The Balaban J connectivity index is 2.17. The van der Waals surface area contributed by atoms with Gasteiger partial charge >= 0.3 is 0 Å². The average molecular weight is 345 g/mol. The van der Waals surface area contributed by atoms with Crippen LogP contribution in [0.15, 0.2) is 35.1 Å². The first-order valence-electron chi connectivity index (χ1n) is 8.21. The SMILES string of the molecule is CCOc1ccc([C@H](C)NC(=O)c2ccc(=O)n(C)n2)cc1OCC. The summed E-state index contributed by atoms with van der Waals surface area (Å²) in [6, 6.07) is 8.03. The second-order valence-corrected chi connectivity index (χ2v) is 5.45. The van der Waals surface area contributed by atoms with Crippen molar-refractivity contribution in [1.82, 2.24) is 15.1 Å². The first kappa shape index (κ1) is 18.5. The molecule has 0 fully saturated rings. The van der Waals surface area contributed by atoms with Crippen molar-refractivity contribution in [1.29, 1.82) is 0 Å². The smallest absolute Gasteiger partial charge is 0.272 e. The largest absolute Gasteiger partial charge is 0.490 e. The van der Waals surface area contributed by atoms with Gasteiger partial charge in [-0.15, -0.1) is 0 Å². The lowest BCUT2D eigenvalue weighted by Gasteiger charge is -2.17. The maximum absolute atomic E-state index is 12.3. The van der Waals surface area contributed by atoms with Gasteiger partial charge in [-0.25, -0.2) is 4.68 Å². The zero-order chi connectivity index (χ0) is 18.4. The Morgan fingerprint density at radius 2 is 1.84 bits per heavy atom. The van der Waals surface area contributed by atoms with Crippen molar-refractivity contribution in [3.63, 3.8) is 0 Å². The van der Waals surface area contributed by atoms with Crippen molar-refractivity contribution in [2.24, 2.45) is 7.05 Å². The monoisotopic (exact) mass is 345 g/mol. The number of carbonyl (C=O) groups is 1. The first-order chi connectivity index (χ1) is 12.0. The van der Waals surface area contributed by atoms with Gasteiger partial charge in [-0.05, 0) is 44.5 Å². The molecule has 0 aliphatic carbocycles. The van der Waals surface area contributed by atoms with Crippen LogP contribution in [0.3, 0.4) is 0 Å². The third-order valence-corrected chi connectivity index (χ3v) is 3.61. The molecule has 1 heterocycles. The van der Waals surface area contributed by atoms with Crippen LogP contribution in [0.4, 0.5) is 0 Å². The Hall–Kier alpha value is -2.83. The summed E-state index contributed by atoms with van der Waals surface area (Å²) in [5.74, 6) is 0.962. The third kappa shape index (κ3) is 4.59. The number of hydrogen-bond donors (Lipinski definition) is 1. The molecule has 134 valence electrons. The quantitative estimate of drug-likeness (QED) is 0.831. The van der Waals surface area contributed by atoms with Crippen molar-refractivity contribution in [2.45, 2.75) is 26.8 Å². The van der Waals surface area contributed by atoms with Gasteiger partial charge in [0, 0.05) is 13.1 Å². The highest BCUT2D eigenvalue weighted by Gasteiger charge is 2.15. The zero-order valence-corrected chi connectivity index (χ0v) is 14.9. The van der Waals surface area contributed by atoms with Crippen molar-refractivity contribution < 1.29 is 14.3 Å². The van der Waals surface area contributed by atoms with Crippen LogP contribution in [0.2, 0.25) is 0 Å². The van der Waals surface area contributed by atoms with Crippen LogP contribution < -0.4 is 20.3 Å². The molecule has 1 atom stereocenters. The van der Waals surface area contributed by atoms with E-state index in [2.05, 4.69) is 10.4 Å². The maximum Gasteiger partial charge on any atom is 0.272 e. The van der Waals surface area contributed by atoms with Gasteiger partial charge < -0.3 is 14.8 Å². The van der Waals surface area contributed by atoms with E-state index in [1.54, 1.807) is 0 Å². The summed E-state index contributed by atoms with van der Waals surface area (Å²) in [6.45, 7) is 6.74. The lowest BCUT2D eigenvalue weighted by molar-refractivity contribution is 0.0932. The van der Waals surface area contributed by atoms with Gasteiger partial charge in [-0.3, -0.25) is 9.59 Å². The fourth-order valence-corrected chi connectivity index (χ4v) is 2.31. The average Bonchev–Trinajstić information content (AvgIpc) is 2.59. The van der Waals surface area contributed by atoms with Gasteiger partial charge in [0.2, 0.25) is 0 Å². The van der Waals surface area contributed by atoms with Gasteiger partial charge in [-0.2, -0.15) is 5.10 Å². The Labute approximate surface area is 146 Å². The van der Waals surface area contributed by atoms with Crippen molar-refractivity contribution in [3.8, 4) is 11.5 Å². The minimum atomic E-state index is -0.352. The molecule has 0 spiro atoms. The van der Waals surface area contributed by atoms with Crippen LogP contribution in [-0.2, 0) is 7.05 Å². The molecule has 0 bridgehead atoms. The predicted octanol–water partition coefficient (Wildman–Crippen LogP) is 2.07. The van der Waals surface area contributed by atoms with Crippen LogP contribution >= 0.6 is 0 Å². The lowest BCUT2D eigenvalue weighted by Crippen LogP contribution is -2.30. The molecule has 2 aromatic rings. The standard InChI is InChI=1S/C18H23N3O4/c1-5-24-15-9-7-13(11-16(15)25-6-2)12(3)19-18(23)14-8-10-17(22)21(4)20-14/h7-12H,5-6H2,1-4H3,(H,19,23)/t12-/m0/s1. The lowest BCUT2D eigenvalue weighted by atomic mass is 10.1. The van der Waals surface area contributed by atoms with Crippen LogP contribution in [-0.4, -0.2) is 28.9 Å². The van der Waals surface area contributed by atoms with Crippen LogP contribution in [0.5, 0.6) is 11.5 Å². The molecule has 0 aliphatic heterocycles. The molecule has 0 unspecified atom stereocenters. The van der Waals surface area contributed by atoms with Gasteiger partial charge in [-0.1, -0.05) is 6.07 Å². The summed E-state index contributed by atoms with van der Waals surface area (Å²) in [5, 5.41) is 6.82. The van der Waals surface area contributed by atoms with E-state index >= 15 is 0 Å². The normalized spacial score (nSPS) is 11.7. The number of rotatable bonds is 7. The highest BCUT2D eigenvalue weighted by molar-refractivity contribution is 5.92. The van der Waals surface area contributed by atoms with Crippen LogP contribution in [0.25, 0.3) is 0 Å². The fourth-order valence-electron chi connectivity index (χ4n) is 2.31. The number of aryl methyl sites for hydroxylation is 1. The maximum atomic E-state index is 12.3. The molecule has 25 heavy (non-hydrogen) atoms. The van der Waals surface area contributed by atoms with Gasteiger partial charge in [0.25, 0.3) is 11.5 Å². The number of benzene rings is 1. The molecule has 0 saturated heterocycles. The molecule has 7 nitrogen and oxygen atoms in total. The van der Waals surface area contributed by atoms with E-state index in [0.29, 0.717) is 24.7 Å². The second kappa shape index (κ2) is 8.32. The molecule has 7 heteroatoms. The van der Waals surface area contributed by atoms with E-state index in [9.17, 15) is 9.59 Å². The number of carbonyl (C=O) groups excluding carboxylic acids is 1. The van der Waals surface area contributed by atoms with Crippen LogP contribution in [0, 0.1) is 0 Å². The molecule has 1 amide bonds. The summed E-state index contributed by atoms with van der Waals surface area (Å²) in [7, 11) is 1.50. The van der Waals surface area contributed by atoms with Gasteiger partial charge in [0.15, 0.2) is 11.5 Å². The second-order valence-electron chi connectivity index (χ2n) is 5.45. The molecule has 1 aromatic heterocycles. The van der Waals surface area contributed by atoms with E-state index in [-0.39, 0.29) is 23.2 Å². The molecule has 1 aromatic carbocycles. The summed E-state index contributed by atoms with van der Waals surface area (Å²) in [6.07, 6.45) is 0. The topological polar surface area (TPSA) is 82.5 Å². The summed E-state index contributed by atoms with van der Waals surface area (Å²) < 4.78 is 12.3. The number of hydrogen-bond acceptors (Lipinski definition) is 5.